The van der Waals surface area contributed by atoms with Gasteiger partial charge in [0, 0.05) is 13.2 Å². The summed E-state index contributed by atoms with van der Waals surface area (Å²) in [6.45, 7) is 2.29. The van der Waals surface area contributed by atoms with Gasteiger partial charge in [-0.15, -0.1) is 0 Å². The third-order valence-corrected chi connectivity index (χ3v) is 1.57. The van der Waals surface area contributed by atoms with Crippen LogP contribution in [0.5, 0.6) is 0 Å². The van der Waals surface area contributed by atoms with Crippen molar-refractivity contribution in [3.63, 3.8) is 0 Å². The van der Waals surface area contributed by atoms with Crippen molar-refractivity contribution in [2.45, 2.75) is 12.8 Å². The molecule has 0 aromatic carbocycles. The van der Waals surface area contributed by atoms with Crippen molar-refractivity contribution in [3.05, 3.63) is 12.2 Å². The zero-order valence-corrected chi connectivity index (χ0v) is 6.25. The fourth-order valence-electron chi connectivity index (χ4n) is 0.752. The van der Waals surface area contributed by atoms with Crippen LogP contribution >= 0.6 is 0 Å². The van der Waals surface area contributed by atoms with Crippen molar-refractivity contribution < 1.29 is 4.74 Å². The molecular weight excluding hydrogens is 126 g/mol. The summed E-state index contributed by atoms with van der Waals surface area (Å²) in [4.78, 5) is 0. The van der Waals surface area contributed by atoms with Crippen LogP contribution < -0.4 is 5.73 Å². The first-order chi connectivity index (χ1) is 4.93. The van der Waals surface area contributed by atoms with Gasteiger partial charge in [-0.25, -0.2) is 0 Å². The second-order valence-corrected chi connectivity index (χ2v) is 2.69. The minimum atomic E-state index is 0.618. The largest absolute Gasteiger partial charge is 0.377 e. The molecule has 0 spiro atoms. The lowest BCUT2D eigenvalue weighted by Gasteiger charge is -1.95. The van der Waals surface area contributed by atoms with Gasteiger partial charge in [0.2, 0.25) is 0 Å². The Labute approximate surface area is 62.1 Å². The van der Waals surface area contributed by atoms with E-state index in [-0.39, 0.29) is 0 Å². The van der Waals surface area contributed by atoms with E-state index in [2.05, 4.69) is 0 Å². The van der Waals surface area contributed by atoms with Crippen molar-refractivity contribution in [2.24, 2.45) is 11.7 Å². The maximum atomic E-state index is 5.32. The molecule has 2 heteroatoms. The Morgan fingerprint density at radius 3 is 2.80 bits per heavy atom. The Kier molecular flexibility index (Phi) is 3.47. The first-order valence-corrected chi connectivity index (χ1v) is 3.86. The molecular formula is C8H15NO. The third kappa shape index (κ3) is 3.64. The molecule has 0 aliphatic heterocycles. The molecule has 0 atom stereocenters. The van der Waals surface area contributed by atoms with E-state index in [0.717, 1.165) is 19.1 Å². The molecule has 0 bridgehead atoms. The Hall–Kier alpha value is -0.340. The van der Waals surface area contributed by atoms with E-state index in [0.29, 0.717) is 6.54 Å². The molecule has 2 nitrogen and oxygen atoms in total. The average Bonchev–Trinajstić information content (AvgIpc) is 2.71. The number of nitrogens with two attached hydrogens (primary N) is 1. The lowest BCUT2D eigenvalue weighted by molar-refractivity contribution is 0.151. The smallest absolute Gasteiger partial charge is 0.0648 e. The third-order valence-electron chi connectivity index (χ3n) is 1.57. The van der Waals surface area contributed by atoms with Crippen LogP contribution in [0, 0.1) is 5.92 Å². The summed E-state index contributed by atoms with van der Waals surface area (Å²) in [5.41, 5.74) is 5.24. The topological polar surface area (TPSA) is 35.2 Å². The van der Waals surface area contributed by atoms with Gasteiger partial charge in [0.25, 0.3) is 0 Å². The maximum Gasteiger partial charge on any atom is 0.0648 e. The van der Waals surface area contributed by atoms with Gasteiger partial charge >= 0.3 is 0 Å². The van der Waals surface area contributed by atoms with Gasteiger partial charge in [0.1, 0.15) is 0 Å². The summed E-state index contributed by atoms with van der Waals surface area (Å²) < 4.78 is 5.32. The summed E-state index contributed by atoms with van der Waals surface area (Å²) in [5, 5.41) is 0. The van der Waals surface area contributed by atoms with Crippen LogP contribution in [0.2, 0.25) is 0 Å². The van der Waals surface area contributed by atoms with Crippen molar-refractivity contribution in [2.75, 3.05) is 19.8 Å². The summed E-state index contributed by atoms with van der Waals surface area (Å²) in [5.74, 6) is 0.867. The van der Waals surface area contributed by atoms with Crippen molar-refractivity contribution in [1.29, 1.82) is 0 Å². The molecule has 2 N–H and O–H groups in total. The molecule has 1 aliphatic carbocycles. The maximum absolute atomic E-state index is 5.32. The Morgan fingerprint density at radius 1 is 1.40 bits per heavy atom. The minimum absolute atomic E-state index is 0.618. The van der Waals surface area contributed by atoms with Crippen LogP contribution in [0.25, 0.3) is 0 Å². The van der Waals surface area contributed by atoms with E-state index in [1.165, 1.54) is 12.8 Å². The van der Waals surface area contributed by atoms with E-state index in [4.69, 9.17) is 10.5 Å². The Balaban J connectivity index is 1.80. The predicted molar refractivity (Wildman–Crippen MR) is 41.7 cm³/mol. The summed E-state index contributed by atoms with van der Waals surface area (Å²) in [7, 11) is 0. The Bertz CT molecular complexity index is 108. The SMILES string of the molecule is NCC=CCOCC1CC1. The van der Waals surface area contributed by atoms with Gasteiger partial charge < -0.3 is 10.5 Å². The van der Waals surface area contributed by atoms with Crippen molar-refractivity contribution in [1.82, 2.24) is 0 Å². The second kappa shape index (κ2) is 4.47. The van der Waals surface area contributed by atoms with Crippen LogP contribution in [0.4, 0.5) is 0 Å². The van der Waals surface area contributed by atoms with Crippen LogP contribution in [0.15, 0.2) is 12.2 Å². The molecule has 0 amide bonds. The monoisotopic (exact) mass is 141 g/mol. The predicted octanol–water partition coefficient (Wildman–Crippen LogP) is 0.928. The molecule has 0 radical (unpaired) electrons. The van der Waals surface area contributed by atoms with Crippen LogP contribution in [0.3, 0.4) is 0 Å². The van der Waals surface area contributed by atoms with Crippen molar-refractivity contribution in [3.8, 4) is 0 Å². The number of ether oxygens (including phenoxy) is 1. The van der Waals surface area contributed by atoms with E-state index in [1.807, 2.05) is 12.2 Å². The van der Waals surface area contributed by atoms with E-state index in [1.54, 1.807) is 0 Å². The lowest BCUT2D eigenvalue weighted by Crippen LogP contribution is -1.97. The average molecular weight is 141 g/mol. The molecule has 0 aromatic heterocycles. The molecule has 0 saturated heterocycles. The molecule has 10 heavy (non-hydrogen) atoms. The van der Waals surface area contributed by atoms with Gasteiger partial charge in [-0.3, -0.25) is 0 Å². The standard InChI is InChI=1S/C8H15NO/c9-5-1-2-6-10-7-8-3-4-8/h1-2,8H,3-7,9H2. The highest BCUT2D eigenvalue weighted by molar-refractivity contribution is 4.82. The quantitative estimate of drug-likeness (QED) is 0.456. The fraction of sp³-hybridized carbons (Fsp3) is 0.750. The van der Waals surface area contributed by atoms with Crippen LogP contribution in [0.1, 0.15) is 12.8 Å². The summed E-state index contributed by atoms with van der Waals surface area (Å²) in [6.07, 6.45) is 6.62. The lowest BCUT2D eigenvalue weighted by atomic mass is 10.4. The van der Waals surface area contributed by atoms with Gasteiger partial charge in [-0.2, -0.15) is 0 Å². The zero-order chi connectivity index (χ0) is 7.23. The highest BCUT2D eigenvalue weighted by Crippen LogP contribution is 2.28. The van der Waals surface area contributed by atoms with E-state index < -0.39 is 0 Å². The Morgan fingerprint density at radius 2 is 2.20 bits per heavy atom. The number of hydrogen-bond acceptors (Lipinski definition) is 2. The van der Waals surface area contributed by atoms with Crippen LogP contribution in [-0.4, -0.2) is 19.8 Å². The molecule has 0 heterocycles. The van der Waals surface area contributed by atoms with E-state index in [9.17, 15) is 0 Å². The molecule has 1 rings (SSSR count). The minimum Gasteiger partial charge on any atom is -0.377 e. The first kappa shape index (κ1) is 7.76. The molecule has 1 fully saturated rings. The van der Waals surface area contributed by atoms with E-state index >= 15 is 0 Å². The number of rotatable bonds is 5. The molecule has 58 valence electrons. The summed E-state index contributed by atoms with van der Waals surface area (Å²) in [6, 6.07) is 0. The fourth-order valence-corrected chi connectivity index (χ4v) is 0.752. The molecule has 1 saturated carbocycles. The highest BCUT2D eigenvalue weighted by atomic mass is 16.5. The first-order valence-electron chi connectivity index (χ1n) is 3.86. The normalized spacial score (nSPS) is 18.5. The van der Waals surface area contributed by atoms with Crippen molar-refractivity contribution >= 4 is 0 Å². The van der Waals surface area contributed by atoms with Gasteiger partial charge in [0.05, 0.1) is 6.61 Å². The van der Waals surface area contributed by atoms with Crippen LogP contribution in [-0.2, 0) is 4.74 Å². The molecule has 1 aliphatic rings. The van der Waals surface area contributed by atoms with Gasteiger partial charge in [-0.1, -0.05) is 12.2 Å². The second-order valence-electron chi connectivity index (χ2n) is 2.69. The van der Waals surface area contributed by atoms with Gasteiger partial charge in [-0.05, 0) is 18.8 Å². The number of hydrogen-bond donors (Lipinski definition) is 1. The van der Waals surface area contributed by atoms with Gasteiger partial charge in [0.15, 0.2) is 0 Å². The molecule has 0 unspecified atom stereocenters. The highest BCUT2D eigenvalue weighted by Gasteiger charge is 2.20. The zero-order valence-electron chi connectivity index (χ0n) is 6.25. The summed E-state index contributed by atoms with van der Waals surface area (Å²) >= 11 is 0. The molecule has 0 aromatic rings.